The summed E-state index contributed by atoms with van der Waals surface area (Å²) in [7, 11) is 0. The summed E-state index contributed by atoms with van der Waals surface area (Å²) in [6.07, 6.45) is 1.47. The summed E-state index contributed by atoms with van der Waals surface area (Å²) in [5, 5.41) is 25.4. The van der Waals surface area contributed by atoms with Gasteiger partial charge in [-0.15, -0.1) is 0 Å². The fraction of sp³-hybridized carbons (Fsp3) is 0.167. The highest BCUT2D eigenvalue weighted by molar-refractivity contribution is 5.95. The molecule has 1 aromatic heterocycles. The summed E-state index contributed by atoms with van der Waals surface area (Å²) in [4.78, 5) is 35.0. The lowest BCUT2D eigenvalue weighted by atomic mass is 10.1. The van der Waals surface area contributed by atoms with Gasteiger partial charge in [-0.25, -0.2) is 19.8 Å². The molecule has 0 radical (unpaired) electrons. The van der Waals surface area contributed by atoms with Crippen molar-refractivity contribution in [3.05, 3.63) is 81.7 Å². The van der Waals surface area contributed by atoms with Crippen LogP contribution >= 0.6 is 0 Å². The monoisotopic (exact) mass is 448 g/mol. The second-order valence-corrected chi connectivity index (χ2v) is 7.74. The SMILES string of the molecule is Cc1cc(C)cc(NC(=O)N/N=C/c2cc(C)n(-c3cc(C(=O)O)cc(C(=O)O)c3)c2C)c1. The first-order chi connectivity index (χ1) is 15.5. The van der Waals surface area contributed by atoms with Gasteiger partial charge in [0.2, 0.25) is 0 Å². The third kappa shape index (κ3) is 5.45. The first-order valence-electron chi connectivity index (χ1n) is 10.0. The predicted octanol–water partition coefficient (Wildman–Crippen LogP) is 4.26. The van der Waals surface area contributed by atoms with Crippen molar-refractivity contribution in [3.63, 3.8) is 0 Å². The summed E-state index contributed by atoms with van der Waals surface area (Å²) in [6, 6.07) is 10.9. The number of carboxylic acids is 2. The van der Waals surface area contributed by atoms with Crippen molar-refractivity contribution in [2.45, 2.75) is 27.7 Å². The van der Waals surface area contributed by atoms with Crippen molar-refractivity contribution in [3.8, 4) is 5.69 Å². The van der Waals surface area contributed by atoms with E-state index in [2.05, 4.69) is 15.8 Å². The van der Waals surface area contributed by atoms with E-state index in [-0.39, 0.29) is 11.1 Å². The minimum atomic E-state index is -1.22. The first kappa shape index (κ1) is 23.3. The van der Waals surface area contributed by atoms with Crippen molar-refractivity contribution in [1.82, 2.24) is 9.99 Å². The molecule has 9 nitrogen and oxygen atoms in total. The number of nitrogens with one attached hydrogen (secondary N) is 2. The van der Waals surface area contributed by atoms with Crippen molar-refractivity contribution < 1.29 is 24.6 Å². The van der Waals surface area contributed by atoms with Gasteiger partial charge in [0.1, 0.15) is 0 Å². The first-order valence-corrected chi connectivity index (χ1v) is 10.0. The van der Waals surface area contributed by atoms with Gasteiger partial charge in [-0.05, 0) is 75.2 Å². The standard InChI is InChI=1S/C24H24N4O5/c1-13-5-14(2)7-20(6-13)26-24(33)27-25-12-19-8-15(3)28(16(19)4)21-10-17(22(29)30)9-18(11-21)23(31)32/h5-12H,1-4H3,(H,29,30)(H,31,32)(H2,26,27,33)/b25-12+. The number of urea groups is 1. The number of amides is 2. The minimum absolute atomic E-state index is 0.127. The molecule has 0 aliphatic carbocycles. The Morgan fingerprint density at radius 2 is 1.42 bits per heavy atom. The Kier molecular flexibility index (Phi) is 6.62. The van der Waals surface area contributed by atoms with Crippen LogP contribution in [0.2, 0.25) is 0 Å². The number of carbonyl (C=O) groups is 3. The molecule has 170 valence electrons. The molecule has 3 aromatic rings. The molecule has 0 spiro atoms. The molecular formula is C24H24N4O5. The van der Waals surface area contributed by atoms with Crippen molar-refractivity contribution in [1.29, 1.82) is 0 Å². The lowest BCUT2D eigenvalue weighted by Crippen LogP contribution is -2.24. The average Bonchev–Trinajstić information content (AvgIpc) is 2.99. The third-order valence-corrected chi connectivity index (χ3v) is 4.99. The van der Waals surface area contributed by atoms with Crippen LogP contribution in [0.4, 0.5) is 10.5 Å². The van der Waals surface area contributed by atoms with Crippen LogP contribution in [-0.2, 0) is 0 Å². The third-order valence-electron chi connectivity index (χ3n) is 4.99. The fourth-order valence-corrected chi connectivity index (χ4v) is 3.67. The van der Waals surface area contributed by atoms with Crippen molar-refractivity contribution in [2.75, 3.05) is 5.32 Å². The molecule has 4 N–H and O–H groups in total. The fourth-order valence-electron chi connectivity index (χ4n) is 3.67. The van der Waals surface area contributed by atoms with Gasteiger partial charge in [0.15, 0.2) is 0 Å². The molecule has 0 saturated carbocycles. The second kappa shape index (κ2) is 9.39. The van der Waals surface area contributed by atoms with Crippen LogP contribution in [0.5, 0.6) is 0 Å². The molecular weight excluding hydrogens is 424 g/mol. The van der Waals surface area contributed by atoms with Crippen LogP contribution in [0.15, 0.2) is 47.6 Å². The largest absolute Gasteiger partial charge is 0.478 e. The number of aromatic carboxylic acids is 2. The van der Waals surface area contributed by atoms with E-state index < -0.39 is 18.0 Å². The van der Waals surface area contributed by atoms with Crippen molar-refractivity contribution >= 4 is 29.9 Å². The second-order valence-electron chi connectivity index (χ2n) is 7.74. The zero-order valence-electron chi connectivity index (χ0n) is 18.6. The van der Waals surface area contributed by atoms with E-state index >= 15 is 0 Å². The van der Waals surface area contributed by atoms with Crippen LogP contribution in [0.1, 0.15) is 48.8 Å². The minimum Gasteiger partial charge on any atom is -0.478 e. The van der Waals surface area contributed by atoms with E-state index in [1.165, 1.54) is 18.3 Å². The maximum absolute atomic E-state index is 12.2. The van der Waals surface area contributed by atoms with Gasteiger partial charge in [-0.1, -0.05) is 6.07 Å². The number of nitrogens with zero attached hydrogens (tertiary/aromatic N) is 2. The van der Waals surface area contributed by atoms with Crippen molar-refractivity contribution in [2.24, 2.45) is 5.10 Å². The number of benzene rings is 2. The molecule has 1 heterocycles. The Balaban J connectivity index is 1.82. The molecule has 3 rings (SSSR count). The highest BCUT2D eigenvalue weighted by atomic mass is 16.4. The van der Waals surface area contributed by atoms with Gasteiger partial charge in [0.25, 0.3) is 0 Å². The van der Waals surface area contributed by atoms with Crippen LogP contribution < -0.4 is 10.7 Å². The van der Waals surface area contributed by atoms with Gasteiger partial charge in [-0.2, -0.15) is 5.10 Å². The molecule has 33 heavy (non-hydrogen) atoms. The molecule has 0 aliphatic rings. The van der Waals surface area contributed by atoms with Crippen LogP contribution in [0, 0.1) is 27.7 Å². The summed E-state index contributed by atoms with van der Waals surface area (Å²) in [6.45, 7) is 7.47. The number of carbonyl (C=O) groups excluding carboxylic acids is 1. The van der Waals surface area contributed by atoms with Gasteiger partial charge in [0, 0.05) is 28.3 Å². The van der Waals surface area contributed by atoms with Gasteiger partial charge in [0.05, 0.1) is 17.3 Å². The van der Waals surface area contributed by atoms with Gasteiger partial charge >= 0.3 is 18.0 Å². The smallest absolute Gasteiger partial charge is 0.339 e. The maximum atomic E-state index is 12.2. The molecule has 2 aromatic carbocycles. The topological polar surface area (TPSA) is 133 Å². The molecule has 0 fully saturated rings. The van der Waals surface area contributed by atoms with E-state index in [9.17, 15) is 24.6 Å². The normalized spacial score (nSPS) is 10.9. The predicted molar refractivity (Wildman–Crippen MR) is 125 cm³/mol. The van der Waals surface area contributed by atoms with Gasteiger partial charge < -0.3 is 20.1 Å². The number of aryl methyl sites for hydroxylation is 3. The summed E-state index contributed by atoms with van der Waals surface area (Å²) in [5.41, 5.74) is 7.40. The average molecular weight is 448 g/mol. The Morgan fingerprint density at radius 1 is 0.848 bits per heavy atom. The molecule has 0 aliphatic heterocycles. The highest BCUT2D eigenvalue weighted by Gasteiger charge is 2.16. The number of anilines is 1. The molecule has 0 atom stereocenters. The summed E-state index contributed by atoms with van der Waals surface area (Å²) >= 11 is 0. The number of rotatable bonds is 6. The van der Waals surface area contributed by atoms with Crippen LogP contribution in [0.25, 0.3) is 5.69 Å². The van der Waals surface area contributed by atoms with Gasteiger partial charge in [-0.3, -0.25) is 0 Å². The highest BCUT2D eigenvalue weighted by Crippen LogP contribution is 2.22. The molecule has 2 amide bonds. The summed E-state index contributed by atoms with van der Waals surface area (Å²) < 4.78 is 1.73. The Hall–Kier alpha value is -4.40. The Labute approximate surface area is 190 Å². The van der Waals surface area contributed by atoms with E-state index in [0.29, 0.717) is 22.6 Å². The summed E-state index contributed by atoms with van der Waals surface area (Å²) in [5.74, 6) is -2.44. The van der Waals surface area contributed by atoms with Crippen LogP contribution in [0.3, 0.4) is 0 Å². The molecule has 0 unspecified atom stereocenters. The Bertz CT molecular complexity index is 1240. The zero-order chi connectivity index (χ0) is 24.3. The number of carboxylic acid groups (broad SMARTS) is 2. The quantitative estimate of drug-likeness (QED) is 0.330. The number of hydrogen-bond donors (Lipinski definition) is 4. The van der Waals surface area contributed by atoms with E-state index in [0.717, 1.165) is 22.9 Å². The lowest BCUT2D eigenvalue weighted by Gasteiger charge is -2.12. The van der Waals surface area contributed by atoms with E-state index in [1.807, 2.05) is 32.0 Å². The Morgan fingerprint density at radius 3 is 1.97 bits per heavy atom. The zero-order valence-corrected chi connectivity index (χ0v) is 18.6. The number of hydrogen-bond acceptors (Lipinski definition) is 4. The lowest BCUT2D eigenvalue weighted by molar-refractivity contribution is 0.0696. The molecule has 0 bridgehead atoms. The van der Waals surface area contributed by atoms with E-state index in [4.69, 9.17) is 0 Å². The maximum Gasteiger partial charge on any atom is 0.339 e. The molecule has 0 saturated heterocycles. The molecule has 9 heteroatoms. The number of aromatic nitrogens is 1. The van der Waals surface area contributed by atoms with Crippen LogP contribution in [-0.4, -0.2) is 39.0 Å². The number of hydrazone groups is 1. The van der Waals surface area contributed by atoms with E-state index in [1.54, 1.807) is 24.5 Å².